The molecule has 1 aromatic carbocycles. The van der Waals surface area contributed by atoms with Gasteiger partial charge >= 0.3 is 5.97 Å². The first-order valence-corrected chi connectivity index (χ1v) is 11.1. The predicted octanol–water partition coefficient (Wildman–Crippen LogP) is 2.64. The number of ether oxygens (including phenoxy) is 1. The molecule has 1 N–H and O–H groups in total. The molecule has 7 nitrogen and oxygen atoms in total. The smallest absolute Gasteiger partial charge is 0.338 e. The number of anilines is 1. The normalized spacial score (nSPS) is 32.0. The Morgan fingerprint density at radius 1 is 1.03 bits per heavy atom. The third-order valence-corrected chi connectivity index (χ3v) is 7.19. The topological polar surface area (TPSA) is 92.8 Å². The van der Waals surface area contributed by atoms with E-state index in [0.717, 1.165) is 24.2 Å². The van der Waals surface area contributed by atoms with Crippen molar-refractivity contribution >= 4 is 29.4 Å². The minimum atomic E-state index is -0.427. The molecule has 162 valence electrons. The number of nitrogens with one attached hydrogen (secondary N) is 1. The fourth-order valence-corrected chi connectivity index (χ4v) is 5.60. The van der Waals surface area contributed by atoms with Gasteiger partial charge in [0.1, 0.15) is 6.54 Å². The molecule has 6 atom stereocenters. The van der Waals surface area contributed by atoms with Gasteiger partial charge in [0.25, 0.3) is 0 Å². The molecule has 31 heavy (non-hydrogen) atoms. The average Bonchev–Trinajstić information content (AvgIpc) is 3.55. The lowest BCUT2D eigenvalue weighted by Gasteiger charge is -2.37. The molecule has 3 fully saturated rings. The second kappa shape index (κ2) is 7.62. The van der Waals surface area contributed by atoms with Crippen LogP contribution in [0.4, 0.5) is 5.69 Å². The molecule has 1 aliphatic heterocycles. The van der Waals surface area contributed by atoms with Gasteiger partial charge in [0.2, 0.25) is 17.7 Å². The number of hydrogen-bond acceptors (Lipinski definition) is 5. The van der Waals surface area contributed by atoms with Crippen molar-refractivity contribution < 1.29 is 23.9 Å². The summed E-state index contributed by atoms with van der Waals surface area (Å²) in [5.41, 5.74) is 0.902. The largest absolute Gasteiger partial charge is 0.462 e. The van der Waals surface area contributed by atoms with Crippen LogP contribution in [0.15, 0.2) is 36.4 Å². The van der Waals surface area contributed by atoms with Crippen molar-refractivity contribution in [2.75, 3.05) is 18.5 Å². The quantitative estimate of drug-likeness (QED) is 0.316. The standard InChI is InChI=1S/C24H26N2O5/c1-2-3-10-31-24(30)13-4-6-14(7-5-13)25-19(27)12-26-22(28)20-15-8-9-16(18-11-17(15)18)21(20)23(26)29/h4-9,15-18,20-21H,2-3,10-12H2,1H3,(H,25,27)/t15-,16+,17-,18-,20+,21-/m1/s1. The molecule has 0 unspecified atom stereocenters. The molecule has 5 aliphatic rings. The number of benzene rings is 1. The van der Waals surface area contributed by atoms with Crippen molar-refractivity contribution in [3.8, 4) is 0 Å². The Labute approximate surface area is 180 Å². The monoisotopic (exact) mass is 422 g/mol. The summed E-state index contributed by atoms with van der Waals surface area (Å²) >= 11 is 0. The minimum Gasteiger partial charge on any atom is -0.462 e. The summed E-state index contributed by atoms with van der Waals surface area (Å²) in [5.74, 6) is -0.465. The maximum absolute atomic E-state index is 13.0. The first kappa shape index (κ1) is 20.0. The van der Waals surface area contributed by atoms with Crippen molar-refractivity contribution in [3.05, 3.63) is 42.0 Å². The van der Waals surface area contributed by atoms with Crippen molar-refractivity contribution in [2.45, 2.75) is 26.2 Å². The van der Waals surface area contributed by atoms with Gasteiger partial charge in [-0.15, -0.1) is 0 Å². The Kier molecular flexibility index (Phi) is 4.91. The van der Waals surface area contributed by atoms with Crippen LogP contribution in [-0.2, 0) is 19.1 Å². The Balaban J connectivity index is 1.19. The summed E-state index contributed by atoms with van der Waals surface area (Å²) < 4.78 is 5.17. The molecule has 3 amide bonds. The van der Waals surface area contributed by atoms with E-state index in [4.69, 9.17) is 4.74 Å². The van der Waals surface area contributed by atoms with E-state index in [-0.39, 0.29) is 42.0 Å². The highest BCUT2D eigenvalue weighted by molar-refractivity contribution is 6.09. The maximum atomic E-state index is 13.0. The molecular weight excluding hydrogens is 396 g/mol. The lowest BCUT2D eigenvalue weighted by atomic mass is 9.63. The number of nitrogens with zero attached hydrogens (tertiary/aromatic N) is 1. The van der Waals surface area contributed by atoms with E-state index in [1.165, 1.54) is 0 Å². The number of imide groups is 1. The fraction of sp³-hybridized carbons (Fsp3) is 0.500. The number of hydrogen-bond donors (Lipinski definition) is 1. The van der Waals surface area contributed by atoms with Gasteiger partial charge in [-0.1, -0.05) is 25.5 Å². The third kappa shape index (κ3) is 3.36. The van der Waals surface area contributed by atoms with Crippen LogP contribution in [0.25, 0.3) is 0 Å². The average molecular weight is 422 g/mol. The van der Waals surface area contributed by atoms with Crippen LogP contribution in [0.1, 0.15) is 36.5 Å². The third-order valence-electron chi connectivity index (χ3n) is 7.19. The van der Waals surface area contributed by atoms with E-state index in [1.54, 1.807) is 24.3 Å². The highest BCUT2D eigenvalue weighted by Gasteiger charge is 2.67. The molecule has 2 bridgehead atoms. The molecule has 1 saturated heterocycles. The zero-order chi connectivity index (χ0) is 21.7. The van der Waals surface area contributed by atoms with Crippen LogP contribution < -0.4 is 5.32 Å². The van der Waals surface area contributed by atoms with Crippen molar-refractivity contribution in [1.29, 1.82) is 0 Å². The molecule has 1 aromatic rings. The van der Waals surface area contributed by atoms with Crippen LogP contribution in [0, 0.1) is 35.5 Å². The maximum Gasteiger partial charge on any atom is 0.338 e. The van der Waals surface area contributed by atoms with Crippen LogP contribution >= 0.6 is 0 Å². The summed E-state index contributed by atoms with van der Waals surface area (Å²) in [4.78, 5) is 51.6. The first-order valence-electron chi connectivity index (χ1n) is 11.1. The van der Waals surface area contributed by atoms with E-state index in [2.05, 4.69) is 17.5 Å². The van der Waals surface area contributed by atoms with Gasteiger partial charge in [-0.2, -0.15) is 0 Å². The Bertz CT molecular complexity index is 933. The molecule has 2 saturated carbocycles. The summed E-state index contributed by atoms with van der Waals surface area (Å²) in [7, 11) is 0. The Morgan fingerprint density at radius 3 is 2.23 bits per heavy atom. The van der Waals surface area contributed by atoms with Gasteiger partial charge in [-0.25, -0.2) is 4.79 Å². The number of esters is 1. The molecule has 4 aliphatic carbocycles. The second-order valence-corrected chi connectivity index (χ2v) is 9.03. The van der Waals surface area contributed by atoms with Crippen LogP contribution in [0.2, 0.25) is 0 Å². The number of unbranched alkanes of at least 4 members (excludes halogenated alkanes) is 1. The van der Waals surface area contributed by atoms with Crippen LogP contribution in [0.5, 0.6) is 0 Å². The lowest BCUT2D eigenvalue weighted by molar-refractivity contribution is -0.142. The van der Waals surface area contributed by atoms with E-state index in [0.29, 0.717) is 29.7 Å². The molecule has 0 aromatic heterocycles. The van der Waals surface area contributed by atoms with Crippen LogP contribution in [-0.4, -0.2) is 41.7 Å². The van der Waals surface area contributed by atoms with Gasteiger partial charge in [0.15, 0.2) is 0 Å². The summed E-state index contributed by atoms with van der Waals surface area (Å²) in [6.45, 7) is 2.12. The fourth-order valence-electron chi connectivity index (χ4n) is 5.60. The summed E-state index contributed by atoms with van der Waals surface area (Å²) in [5, 5.41) is 2.71. The van der Waals surface area contributed by atoms with Crippen LogP contribution in [0.3, 0.4) is 0 Å². The molecule has 0 spiro atoms. The second-order valence-electron chi connectivity index (χ2n) is 9.03. The predicted molar refractivity (Wildman–Crippen MR) is 112 cm³/mol. The highest BCUT2D eigenvalue weighted by atomic mass is 16.5. The van der Waals surface area contributed by atoms with Crippen molar-refractivity contribution in [3.63, 3.8) is 0 Å². The van der Waals surface area contributed by atoms with E-state index < -0.39 is 11.9 Å². The summed E-state index contributed by atoms with van der Waals surface area (Å²) in [6, 6.07) is 6.39. The van der Waals surface area contributed by atoms with Gasteiger partial charge in [0.05, 0.1) is 24.0 Å². The Hall–Kier alpha value is -2.96. The van der Waals surface area contributed by atoms with Gasteiger partial charge in [0, 0.05) is 5.69 Å². The molecule has 0 radical (unpaired) electrons. The Morgan fingerprint density at radius 2 is 1.65 bits per heavy atom. The van der Waals surface area contributed by atoms with Gasteiger partial charge in [-0.3, -0.25) is 19.3 Å². The number of likely N-dealkylation sites (tertiary alicyclic amines) is 1. The number of allylic oxidation sites excluding steroid dienone is 2. The number of carbonyl (C=O) groups is 4. The van der Waals surface area contributed by atoms with Gasteiger partial charge < -0.3 is 10.1 Å². The molecule has 7 heteroatoms. The minimum absolute atomic E-state index is 0.147. The van der Waals surface area contributed by atoms with Crippen molar-refractivity contribution in [2.24, 2.45) is 35.5 Å². The SMILES string of the molecule is CCCCOC(=O)c1ccc(NC(=O)CN2C(=O)[C@@H]3[C@H]4C=C[C@H]([C@H]5C[C@H]45)[C@@H]3C2=O)cc1. The first-order chi connectivity index (χ1) is 15.0. The molecular formula is C24H26N2O5. The molecule has 1 heterocycles. The number of amides is 3. The summed E-state index contributed by atoms with van der Waals surface area (Å²) in [6.07, 6.45) is 7.10. The van der Waals surface area contributed by atoms with Crippen molar-refractivity contribution in [1.82, 2.24) is 4.90 Å². The van der Waals surface area contributed by atoms with Gasteiger partial charge in [-0.05, 0) is 60.8 Å². The zero-order valence-electron chi connectivity index (χ0n) is 17.5. The zero-order valence-corrected chi connectivity index (χ0v) is 17.5. The number of rotatable bonds is 7. The van der Waals surface area contributed by atoms with E-state index in [1.807, 2.05) is 6.92 Å². The van der Waals surface area contributed by atoms with E-state index >= 15 is 0 Å². The lowest BCUT2D eigenvalue weighted by Crippen LogP contribution is -2.40. The highest BCUT2D eigenvalue weighted by Crippen LogP contribution is 2.65. The van der Waals surface area contributed by atoms with E-state index in [9.17, 15) is 19.2 Å². The number of carbonyl (C=O) groups excluding carboxylic acids is 4. The molecule has 6 rings (SSSR count).